The van der Waals surface area contributed by atoms with Crippen LogP contribution in [0.2, 0.25) is 5.02 Å². The Kier molecular flexibility index (Phi) is 9.47. The van der Waals surface area contributed by atoms with Crippen molar-refractivity contribution in [3.05, 3.63) is 75.7 Å². The molecule has 1 saturated carbocycles. The van der Waals surface area contributed by atoms with Gasteiger partial charge in [0.15, 0.2) is 0 Å². The van der Waals surface area contributed by atoms with Gasteiger partial charge in [0.2, 0.25) is 5.91 Å². The second-order valence-corrected chi connectivity index (χ2v) is 12.5. The Labute approximate surface area is 236 Å². The van der Waals surface area contributed by atoms with Gasteiger partial charge in [-0.3, -0.25) is 9.59 Å². The van der Waals surface area contributed by atoms with Gasteiger partial charge in [0.1, 0.15) is 6.54 Å². The standard InChI is InChI=1S/C31H38ClN3O2S/c32-26-10-6-9-25(20-26)21-29-31(37)35(27-11-4-5-12-28(27)38-29)22-30(36)33-15-18-34-16-13-24(14-17-34)19-23-7-2-1-3-8-23/h1-3,6-10,20-21,24,27-28H,4-5,11-19,22H2,(H,33,36)/b29-21-. The molecule has 2 amide bonds. The minimum Gasteiger partial charge on any atom is -0.353 e. The number of likely N-dealkylation sites (tertiary alicyclic amines) is 1. The molecule has 3 aliphatic rings. The number of amides is 2. The zero-order valence-electron chi connectivity index (χ0n) is 22.0. The van der Waals surface area contributed by atoms with Crippen molar-refractivity contribution in [1.82, 2.24) is 15.1 Å². The average Bonchev–Trinajstić information content (AvgIpc) is 2.93. The van der Waals surface area contributed by atoms with Crippen LogP contribution in [0.1, 0.15) is 49.7 Å². The van der Waals surface area contributed by atoms with Gasteiger partial charge in [-0.25, -0.2) is 0 Å². The van der Waals surface area contributed by atoms with E-state index in [1.165, 1.54) is 24.8 Å². The second-order valence-electron chi connectivity index (χ2n) is 10.8. The Morgan fingerprint density at radius 1 is 1.03 bits per heavy atom. The number of rotatable bonds is 8. The molecule has 7 heteroatoms. The van der Waals surface area contributed by atoms with Crippen molar-refractivity contribution in [3.8, 4) is 0 Å². The smallest absolute Gasteiger partial charge is 0.261 e. The van der Waals surface area contributed by atoms with Gasteiger partial charge in [-0.05, 0) is 80.4 Å². The van der Waals surface area contributed by atoms with Gasteiger partial charge in [0.05, 0.1) is 4.91 Å². The predicted molar refractivity (Wildman–Crippen MR) is 157 cm³/mol. The van der Waals surface area contributed by atoms with Gasteiger partial charge in [0, 0.05) is 29.4 Å². The monoisotopic (exact) mass is 551 g/mol. The quantitative estimate of drug-likeness (QED) is 0.431. The maximum absolute atomic E-state index is 13.5. The van der Waals surface area contributed by atoms with E-state index in [2.05, 4.69) is 40.5 Å². The fourth-order valence-corrected chi connectivity index (χ4v) is 7.71. The fourth-order valence-electron chi connectivity index (χ4n) is 6.04. The summed E-state index contributed by atoms with van der Waals surface area (Å²) >= 11 is 7.84. The Morgan fingerprint density at radius 2 is 1.82 bits per heavy atom. The lowest BCUT2D eigenvalue weighted by Crippen LogP contribution is -2.54. The molecule has 2 aromatic rings. The van der Waals surface area contributed by atoms with Gasteiger partial charge in [-0.2, -0.15) is 0 Å². The molecular weight excluding hydrogens is 514 g/mol. The number of piperidine rings is 1. The predicted octanol–water partition coefficient (Wildman–Crippen LogP) is 5.64. The molecule has 5 nitrogen and oxygen atoms in total. The number of carbonyl (C=O) groups excluding carboxylic acids is 2. The van der Waals surface area contributed by atoms with E-state index in [1.807, 2.05) is 35.2 Å². The highest BCUT2D eigenvalue weighted by molar-refractivity contribution is 8.04. The van der Waals surface area contributed by atoms with Gasteiger partial charge in [-0.1, -0.05) is 66.9 Å². The van der Waals surface area contributed by atoms with Gasteiger partial charge in [-0.15, -0.1) is 11.8 Å². The lowest BCUT2D eigenvalue weighted by Gasteiger charge is -2.43. The Balaban J connectivity index is 1.11. The summed E-state index contributed by atoms with van der Waals surface area (Å²) < 4.78 is 0. The van der Waals surface area contributed by atoms with E-state index in [0.29, 0.717) is 21.7 Å². The third-order valence-corrected chi connectivity index (χ3v) is 9.74. The number of hydrogen-bond acceptors (Lipinski definition) is 4. The van der Waals surface area contributed by atoms with Crippen LogP contribution in [0.5, 0.6) is 0 Å². The summed E-state index contributed by atoms with van der Waals surface area (Å²) in [5, 5.41) is 4.10. The topological polar surface area (TPSA) is 52.7 Å². The minimum absolute atomic E-state index is 0.0336. The molecule has 0 spiro atoms. The van der Waals surface area contributed by atoms with Crippen molar-refractivity contribution < 1.29 is 9.59 Å². The summed E-state index contributed by atoms with van der Waals surface area (Å²) in [6.45, 7) is 3.78. The molecule has 202 valence electrons. The highest BCUT2D eigenvalue weighted by Gasteiger charge is 2.41. The molecule has 0 bridgehead atoms. The van der Waals surface area contributed by atoms with E-state index < -0.39 is 0 Å². The lowest BCUT2D eigenvalue weighted by atomic mass is 9.90. The summed E-state index contributed by atoms with van der Waals surface area (Å²) in [5.74, 6) is 0.647. The van der Waals surface area contributed by atoms with Crippen LogP contribution < -0.4 is 5.32 Å². The van der Waals surface area contributed by atoms with Crippen LogP contribution in [-0.4, -0.2) is 65.6 Å². The molecule has 0 aromatic heterocycles. The van der Waals surface area contributed by atoms with Crippen molar-refractivity contribution >= 4 is 41.3 Å². The number of thioether (sulfide) groups is 1. The van der Waals surface area contributed by atoms with Crippen LogP contribution in [0.4, 0.5) is 0 Å². The van der Waals surface area contributed by atoms with E-state index >= 15 is 0 Å². The molecule has 2 aromatic carbocycles. The Bertz CT molecular complexity index is 1130. The normalized spacial score (nSPS) is 23.9. The maximum atomic E-state index is 13.5. The summed E-state index contributed by atoms with van der Waals surface area (Å²) in [6.07, 6.45) is 9.82. The summed E-state index contributed by atoms with van der Waals surface area (Å²) in [5.41, 5.74) is 2.34. The zero-order valence-corrected chi connectivity index (χ0v) is 23.6. The molecule has 2 unspecified atom stereocenters. The molecular formula is C31H38ClN3O2S. The molecule has 2 atom stereocenters. The van der Waals surface area contributed by atoms with Crippen molar-refractivity contribution in [2.24, 2.45) is 5.92 Å². The van der Waals surface area contributed by atoms with Gasteiger partial charge < -0.3 is 15.1 Å². The van der Waals surface area contributed by atoms with Crippen LogP contribution in [0, 0.1) is 5.92 Å². The van der Waals surface area contributed by atoms with Gasteiger partial charge in [0.25, 0.3) is 5.91 Å². The first-order valence-corrected chi connectivity index (χ1v) is 15.3. The van der Waals surface area contributed by atoms with Crippen molar-refractivity contribution in [1.29, 1.82) is 0 Å². The highest BCUT2D eigenvalue weighted by Crippen LogP contribution is 2.42. The van der Waals surface area contributed by atoms with E-state index in [1.54, 1.807) is 11.8 Å². The first-order chi connectivity index (χ1) is 18.5. The molecule has 3 fully saturated rings. The maximum Gasteiger partial charge on any atom is 0.261 e. The Hall–Kier alpha value is -2.28. The van der Waals surface area contributed by atoms with E-state index in [0.717, 1.165) is 56.8 Å². The van der Waals surface area contributed by atoms with Crippen molar-refractivity contribution in [3.63, 3.8) is 0 Å². The van der Waals surface area contributed by atoms with E-state index in [4.69, 9.17) is 11.6 Å². The molecule has 5 rings (SSSR count). The van der Waals surface area contributed by atoms with Crippen molar-refractivity contribution in [2.75, 3.05) is 32.7 Å². The number of nitrogens with one attached hydrogen (secondary N) is 1. The molecule has 1 N–H and O–H groups in total. The van der Waals surface area contributed by atoms with Gasteiger partial charge >= 0.3 is 0 Å². The highest BCUT2D eigenvalue weighted by atomic mass is 35.5. The van der Waals surface area contributed by atoms with Crippen LogP contribution in [0.3, 0.4) is 0 Å². The molecule has 38 heavy (non-hydrogen) atoms. The molecule has 1 aliphatic carbocycles. The number of carbonyl (C=O) groups is 2. The minimum atomic E-state index is -0.0596. The first kappa shape index (κ1) is 27.3. The largest absolute Gasteiger partial charge is 0.353 e. The fraction of sp³-hybridized carbons (Fsp3) is 0.484. The third kappa shape index (κ3) is 7.22. The number of benzene rings is 2. The Morgan fingerprint density at radius 3 is 2.61 bits per heavy atom. The lowest BCUT2D eigenvalue weighted by molar-refractivity contribution is -0.135. The average molecular weight is 552 g/mol. The van der Waals surface area contributed by atoms with Crippen LogP contribution in [-0.2, 0) is 16.0 Å². The number of hydrogen-bond donors (Lipinski definition) is 1. The second kappa shape index (κ2) is 13.2. The van der Waals surface area contributed by atoms with Crippen LogP contribution in [0.25, 0.3) is 6.08 Å². The van der Waals surface area contributed by atoms with E-state index in [-0.39, 0.29) is 24.4 Å². The first-order valence-electron chi connectivity index (χ1n) is 14.0. The summed E-state index contributed by atoms with van der Waals surface area (Å²) in [7, 11) is 0. The van der Waals surface area contributed by atoms with E-state index in [9.17, 15) is 9.59 Å². The number of halogens is 1. The number of nitrogens with zero attached hydrogens (tertiary/aromatic N) is 2. The number of fused-ring (bicyclic) bond motifs is 1. The third-order valence-electron chi connectivity index (χ3n) is 8.10. The summed E-state index contributed by atoms with van der Waals surface area (Å²) in [4.78, 5) is 31.5. The van der Waals surface area contributed by atoms with Crippen LogP contribution in [0.15, 0.2) is 59.5 Å². The SMILES string of the molecule is O=C(CN1C(=O)/C(=C/c2cccc(Cl)c2)SC2CCCCC21)NCCN1CCC(Cc2ccccc2)CC1. The van der Waals surface area contributed by atoms with Crippen molar-refractivity contribution in [2.45, 2.75) is 56.2 Å². The van der Waals surface area contributed by atoms with Crippen LogP contribution >= 0.6 is 23.4 Å². The summed E-state index contributed by atoms with van der Waals surface area (Å²) in [6, 6.07) is 18.4. The molecule has 2 saturated heterocycles. The zero-order chi connectivity index (χ0) is 26.3. The molecule has 0 radical (unpaired) electrons. The molecule has 2 heterocycles. The molecule has 2 aliphatic heterocycles.